The molecule has 0 aliphatic rings. The van der Waals surface area contributed by atoms with Gasteiger partial charge in [-0.15, -0.1) is 0 Å². The van der Waals surface area contributed by atoms with Crippen LogP contribution in [-0.2, 0) is 4.79 Å². The van der Waals surface area contributed by atoms with Gasteiger partial charge in [-0.05, 0) is 25.0 Å². The number of rotatable bonds is 5. The molecule has 1 amide bonds. The van der Waals surface area contributed by atoms with E-state index in [9.17, 15) is 9.18 Å². The Balaban J connectivity index is 2.47. The van der Waals surface area contributed by atoms with Crippen LogP contribution in [0, 0.1) is 0 Å². The average molecular weight is 221 g/mol. The maximum atomic E-state index is 13.1. The lowest BCUT2D eigenvalue weighted by atomic mass is 10.2. The maximum Gasteiger partial charge on any atom is 0.250 e. The highest BCUT2D eigenvalue weighted by molar-refractivity contribution is 5.99. The van der Waals surface area contributed by atoms with E-state index in [1.807, 2.05) is 25.1 Å². The number of unbranched alkanes of at least 4 members (excludes halogenated alkanes) is 1. The van der Waals surface area contributed by atoms with Crippen molar-refractivity contribution in [2.75, 3.05) is 5.32 Å². The van der Waals surface area contributed by atoms with Crippen LogP contribution in [0.3, 0.4) is 0 Å². The van der Waals surface area contributed by atoms with Gasteiger partial charge in [0.25, 0.3) is 5.91 Å². The fourth-order valence-corrected chi connectivity index (χ4v) is 1.26. The lowest BCUT2D eigenvalue weighted by Crippen LogP contribution is -2.08. The number of amides is 1. The summed E-state index contributed by atoms with van der Waals surface area (Å²) < 4.78 is 13.1. The van der Waals surface area contributed by atoms with E-state index < -0.39 is 5.91 Å². The van der Waals surface area contributed by atoms with E-state index in [0.717, 1.165) is 18.9 Å². The van der Waals surface area contributed by atoms with Crippen LogP contribution in [0.5, 0.6) is 0 Å². The van der Waals surface area contributed by atoms with Crippen molar-refractivity contribution in [3.63, 3.8) is 0 Å². The standard InChI is InChI=1S/C13H16FNO/c1-2-3-7-11(14)10-13(16)15-12-8-5-4-6-9-12/h4-6,8-10H,2-3,7H2,1H3,(H,15,16)/b11-10-. The third kappa shape index (κ3) is 4.73. The molecule has 0 atom stereocenters. The first kappa shape index (κ1) is 12.4. The molecule has 3 heteroatoms. The number of carbonyl (C=O) groups is 1. The highest BCUT2D eigenvalue weighted by Crippen LogP contribution is 2.10. The van der Waals surface area contributed by atoms with Crippen LogP contribution in [0.1, 0.15) is 26.2 Å². The summed E-state index contributed by atoms with van der Waals surface area (Å²) >= 11 is 0. The maximum absolute atomic E-state index is 13.1. The highest BCUT2D eigenvalue weighted by Gasteiger charge is 2.01. The van der Waals surface area contributed by atoms with Crippen molar-refractivity contribution in [3.8, 4) is 0 Å². The van der Waals surface area contributed by atoms with Crippen molar-refractivity contribution >= 4 is 11.6 Å². The molecule has 0 saturated carbocycles. The summed E-state index contributed by atoms with van der Waals surface area (Å²) in [6.45, 7) is 1.98. The highest BCUT2D eigenvalue weighted by atomic mass is 19.1. The van der Waals surface area contributed by atoms with Gasteiger partial charge in [-0.2, -0.15) is 0 Å². The molecule has 1 aromatic carbocycles. The number of benzene rings is 1. The van der Waals surface area contributed by atoms with E-state index in [2.05, 4.69) is 5.32 Å². The molecule has 0 heterocycles. The number of carbonyl (C=O) groups excluding carboxylic acids is 1. The van der Waals surface area contributed by atoms with Gasteiger partial charge in [0, 0.05) is 11.8 Å². The zero-order chi connectivity index (χ0) is 11.8. The Morgan fingerprint density at radius 2 is 2.06 bits per heavy atom. The van der Waals surface area contributed by atoms with E-state index in [1.165, 1.54) is 0 Å². The molecule has 0 radical (unpaired) electrons. The van der Waals surface area contributed by atoms with Crippen molar-refractivity contribution in [2.24, 2.45) is 0 Å². The van der Waals surface area contributed by atoms with Crippen molar-refractivity contribution in [1.29, 1.82) is 0 Å². The molecule has 16 heavy (non-hydrogen) atoms. The largest absolute Gasteiger partial charge is 0.322 e. The van der Waals surface area contributed by atoms with Gasteiger partial charge in [0.2, 0.25) is 0 Å². The van der Waals surface area contributed by atoms with Crippen molar-refractivity contribution < 1.29 is 9.18 Å². The minimum atomic E-state index is -0.417. The van der Waals surface area contributed by atoms with E-state index in [4.69, 9.17) is 0 Å². The van der Waals surface area contributed by atoms with Gasteiger partial charge in [0.1, 0.15) is 5.83 Å². The van der Waals surface area contributed by atoms with Crippen LogP contribution in [0.15, 0.2) is 42.2 Å². The number of nitrogens with one attached hydrogen (secondary N) is 1. The Morgan fingerprint density at radius 3 is 2.69 bits per heavy atom. The van der Waals surface area contributed by atoms with Crippen LogP contribution in [0.25, 0.3) is 0 Å². The number of para-hydroxylation sites is 1. The summed E-state index contributed by atoms with van der Waals surface area (Å²) in [6.07, 6.45) is 3.03. The summed E-state index contributed by atoms with van der Waals surface area (Å²) in [5.74, 6) is -0.782. The molecule has 0 saturated heterocycles. The predicted octanol–water partition coefficient (Wildman–Crippen LogP) is 3.67. The molecule has 1 rings (SSSR count). The van der Waals surface area contributed by atoms with Crippen LogP contribution in [0.2, 0.25) is 0 Å². The van der Waals surface area contributed by atoms with Gasteiger partial charge < -0.3 is 5.32 Å². The van der Waals surface area contributed by atoms with Crippen molar-refractivity contribution in [2.45, 2.75) is 26.2 Å². The molecule has 1 N–H and O–H groups in total. The number of hydrogen-bond donors (Lipinski definition) is 1. The molecule has 1 aromatic rings. The Kier molecular flexibility index (Phi) is 5.26. The second-order valence-electron chi connectivity index (χ2n) is 3.55. The summed E-state index contributed by atoms with van der Waals surface area (Å²) in [5.41, 5.74) is 0.673. The normalized spacial score (nSPS) is 11.2. The topological polar surface area (TPSA) is 29.1 Å². The van der Waals surface area contributed by atoms with Gasteiger partial charge >= 0.3 is 0 Å². The Morgan fingerprint density at radius 1 is 1.38 bits per heavy atom. The van der Waals surface area contributed by atoms with Gasteiger partial charge in [0.05, 0.1) is 0 Å². The molecule has 0 aliphatic carbocycles. The lowest BCUT2D eigenvalue weighted by molar-refractivity contribution is -0.112. The molecule has 0 aliphatic heterocycles. The van der Waals surface area contributed by atoms with Crippen molar-refractivity contribution in [1.82, 2.24) is 0 Å². The van der Waals surface area contributed by atoms with Gasteiger partial charge in [-0.25, -0.2) is 4.39 Å². The monoisotopic (exact) mass is 221 g/mol. The Bertz CT molecular complexity index is 359. The number of anilines is 1. The molecule has 86 valence electrons. The van der Waals surface area contributed by atoms with E-state index in [0.29, 0.717) is 12.1 Å². The van der Waals surface area contributed by atoms with Crippen LogP contribution in [0.4, 0.5) is 10.1 Å². The Hall–Kier alpha value is -1.64. The number of halogens is 1. The van der Waals surface area contributed by atoms with Gasteiger partial charge in [0.15, 0.2) is 0 Å². The average Bonchev–Trinajstić information content (AvgIpc) is 2.27. The second kappa shape index (κ2) is 6.77. The van der Waals surface area contributed by atoms with Gasteiger partial charge in [-0.1, -0.05) is 31.5 Å². The molecule has 2 nitrogen and oxygen atoms in total. The zero-order valence-electron chi connectivity index (χ0n) is 9.37. The first-order valence-corrected chi connectivity index (χ1v) is 5.44. The fourth-order valence-electron chi connectivity index (χ4n) is 1.26. The number of allylic oxidation sites excluding steroid dienone is 1. The molecule has 0 fully saturated rings. The molecule has 0 unspecified atom stereocenters. The lowest BCUT2D eigenvalue weighted by Gasteiger charge is -2.01. The Labute approximate surface area is 95.2 Å². The third-order valence-corrected chi connectivity index (χ3v) is 2.10. The third-order valence-electron chi connectivity index (χ3n) is 2.10. The molecule has 0 aromatic heterocycles. The van der Waals surface area contributed by atoms with E-state index in [1.54, 1.807) is 12.1 Å². The molecule has 0 bridgehead atoms. The summed E-state index contributed by atoms with van der Waals surface area (Å²) in [5, 5.41) is 2.59. The van der Waals surface area contributed by atoms with Crippen LogP contribution < -0.4 is 5.32 Å². The molecular formula is C13H16FNO. The minimum absolute atomic E-state index is 0.332. The summed E-state index contributed by atoms with van der Waals surface area (Å²) in [7, 11) is 0. The molecule has 0 spiro atoms. The van der Waals surface area contributed by atoms with Gasteiger partial charge in [-0.3, -0.25) is 4.79 Å². The van der Waals surface area contributed by atoms with E-state index >= 15 is 0 Å². The second-order valence-corrected chi connectivity index (χ2v) is 3.55. The number of hydrogen-bond acceptors (Lipinski definition) is 1. The zero-order valence-corrected chi connectivity index (χ0v) is 9.37. The first-order chi connectivity index (χ1) is 7.72. The quantitative estimate of drug-likeness (QED) is 0.755. The summed E-state index contributed by atoms with van der Waals surface area (Å²) in [6, 6.07) is 9.00. The minimum Gasteiger partial charge on any atom is -0.322 e. The van der Waals surface area contributed by atoms with E-state index in [-0.39, 0.29) is 5.83 Å². The SMILES string of the molecule is CCCC/C(F)=C/C(=O)Nc1ccccc1. The predicted molar refractivity (Wildman–Crippen MR) is 63.8 cm³/mol. The van der Waals surface area contributed by atoms with Crippen molar-refractivity contribution in [3.05, 3.63) is 42.2 Å². The smallest absolute Gasteiger partial charge is 0.250 e. The van der Waals surface area contributed by atoms with Crippen LogP contribution in [-0.4, -0.2) is 5.91 Å². The molecular weight excluding hydrogens is 205 g/mol. The first-order valence-electron chi connectivity index (χ1n) is 5.44. The van der Waals surface area contributed by atoms with Crippen LogP contribution >= 0.6 is 0 Å². The summed E-state index contributed by atoms with van der Waals surface area (Å²) in [4.78, 5) is 11.4. The fraction of sp³-hybridized carbons (Fsp3) is 0.308.